The van der Waals surface area contributed by atoms with Gasteiger partial charge in [-0.2, -0.15) is 0 Å². The molecule has 0 heterocycles. The van der Waals surface area contributed by atoms with Gasteiger partial charge in [-0.15, -0.1) is 0 Å². The molecule has 3 unspecified atom stereocenters. The van der Waals surface area contributed by atoms with Crippen molar-refractivity contribution in [3.63, 3.8) is 0 Å². The maximum absolute atomic E-state index is 6.33. The molecule has 0 bridgehead atoms. The summed E-state index contributed by atoms with van der Waals surface area (Å²) < 4.78 is 1.05. The van der Waals surface area contributed by atoms with E-state index in [1.165, 1.54) is 24.8 Å². The summed E-state index contributed by atoms with van der Waals surface area (Å²) in [6, 6.07) is 6.87. The molecule has 1 N–H and O–H groups in total. The molecular weight excluding hydrogens is 310 g/mol. The predicted molar refractivity (Wildman–Crippen MR) is 82.2 cm³/mol. The van der Waals surface area contributed by atoms with E-state index in [4.69, 9.17) is 11.6 Å². The van der Waals surface area contributed by atoms with E-state index < -0.39 is 0 Å². The standard InChI is InChI=1S/C15H21BrClN/c1-10-3-6-15(18-2)12(7-10)8-11-4-5-13(16)9-14(11)17/h4-5,9-10,12,15,18H,3,6-8H2,1-2H3. The first-order chi connectivity index (χ1) is 8.60. The second-order valence-corrected chi connectivity index (χ2v) is 6.84. The van der Waals surface area contributed by atoms with Crippen molar-refractivity contribution in [2.24, 2.45) is 11.8 Å². The summed E-state index contributed by atoms with van der Waals surface area (Å²) in [5, 5.41) is 4.36. The first kappa shape index (κ1) is 14.4. The quantitative estimate of drug-likeness (QED) is 0.849. The van der Waals surface area contributed by atoms with E-state index in [0.717, 1.165) is 21.8 Å². The molecule has 18 heavy (non-hydrogen) atoms. The zero-order valence-corrected chi connectivity index (χ0v) is 13.4. The van der Waals surface area contributed by atoms with Gasteiger partial charge in [0.15, 0.2) is 0 Å². The molecule has 0 aliphatic heterocycles. The first-order valence-corrected chi connectivity index (χ1v) is 7.88. The van der Waals surface area contributed by atoms with Crippen LogP contribution in [-0.4, -0.2) is 13.1 Å². The number of hydrogen-bond acceptors (Lipinski definition) is 1. The molecule has 1 aliphatic carbocycles. The molecule has 100 valence electrons. The molecule has 3 heteroatoms. The minimum Gasteiger partial charge on any atom is -0.317 e. The van der Waals surface area contributed by atoms with Crippen molar-refractivity contribution in [3.05, 3.63) is 33.3 Å². The van der Waals surface area contributed by atoms with Crippen molar-refractivity contribution >= 4 is 27.5 Å². The fourth-order valence-corrected chi connectivity index (χ4v) is 3.82. The first-order valence-electron chi connectivity index (χ1n) is 6.71. The fourth-order valence-electron chi connectivity index (χ4n) is 3.07. The number of benzene rings is 1. The van der Waals surface area contributed by atoms with E-state index in [2.05, 4.69) is 47.4 Å². The van der Waals surface area contributed by atoms with Crippen LogP contribution in [0, 0.1) is 11.8 Å². The highest BCUT2D eigenvalue weighted by Gasteiger charge is 2.27. The summed E-state index contributed by atoms with van der Waals surface area (Å²) in [4.78, 5) is 0. The molecule has 3 atom stereocenters. The minimum atomic E-state index is 0.640. The van der Waals surface area contributed by atoms with Gasteiger partial charge >= 0.3 is 0 Å². The van der Waals surface area contributed by atoms with E-state index in [9.17, 15) is 0 Å². The second kappa shape index (κ2) is 6.40. The SMILES string of the molecule is CNC1CCC(C)CC1Cc1ccc(Br)cc1Cl. The van der Waals surface area contributed by atoms with E-state index in [1.807, 2.05) is 6.07 Å². The van der Waals surface area contributed by atoms with Crippen LogP contribution in [0.1, 0.15) is 31.7 Å². The Morgan fingerprint density at radius 2 is 2.17 bits per heavy atom. The van der Waals surface area contributed by atoms with Crippen molar-refractivity contribution in [1.29, 1.82) is 0 Å². The van der Waals surface area contributed by atoms with Crippen molar-refractivity contribution in [2.45, 2.75) is 38.6 Å². The van der Waals surface area contributed by atoms with Crippen LogP contribution in [0.3, 0.4) is 0 Å². The van der Waals surface area contributed by atoms with Gasteiger partial charge in [-0.1, -0.05) is 40.5 Å². The zero-order chi connectivity index (χ0) is 13.1. The third-order valence-electron chi connectivity index (χ3n) is 4.11. The van der Waals surface area contributed by atoms with Crippen molar-refractivity contribution in [1.82, 2.24) is 5.32 Å². The van der Waals surface area contributed by atoms with Crippen molar-refractivity contribution < 1.29 is 0 Å². The Morgan fingerprint density at radius 3 is 2.83 bits per heavy atom. The monoisotopic (exact) mass is 329 g/mol. The van der Waals surface area contributed by atoms with Crippen molar-refractivity contribution in [3.8, 4) is 0 Å². The van der Waals surface area contributed by atoms with Gasteiger partial charge in [0.2, 0.25) is 0 Å². The van der Waals surface area contributed by atoms with Crippen LogP contribution in [0.15, 0.2) is 22.7 Å². The molecule has 0 aromatic heterocycles. The second-order valence-electron chi connectivity index (χ2n) is 5.51. The van der Waals surface area contributed by atoms with E-state index in [-0.39, 0.29) is 0 Å². The van der Waals surface area contributed by atoms with Gasteiger partial charge < -0.3 is 5.32 Å². The highest BCUT2D eigenvalue weighted by molar-refractivity contribution is 9.10. The lowest BCUT2D eigenvalue weighted by Crippen LogP contribution is -2.39. The average Bonchev–Trinajstić information content (AvgIpc) is 2.33. The molecule has 1 nitrogen and oxygen atoms in total. The lowest BCUT2D eigenvalue weighted by atomic mass is 9.76. The lowest BCUT2D eigenvalue weighted by Gasteiger charge is -2.35. The summed E-state index contributed by atoms with van der Waals surface area (Å²) >= 11 is 9.79. The highest BCUT2D eigenvalue weighted by atomic mass is 79.9. The van der Waals surface area contributed by atoms with E-state index in [0.29, 0.717) is 12.0 Å². The van der Waals surface area contributed by atoms with Crippen LogP contribution in [0.2, 0.25) is 5.02 Å². The lowest BCUT2D eigenvalue weighted by molar-refractivity contribution is 0.220. The summed E-state index contributed by atoms with van der Waals surface area (Å²) in [6.07, 6.45) is 5.02. The largest absolute Gasteiger partial charge is 0.317 e. The number of hydrogen-bond donors (Lipinski definition) is 1. The normalized spacial score (nSPS) is 28.3. The smallest absolute Gasteiger partial charge is 0.0449 e. The molecule has 0 spiro atoms. The maximum atomic E-state index is 6.33. The summed E-state index contributed by atoms with van der Waals surface area (Å²) in [5.41, 5.74) is 1.28. The Hall–Kier alpha value is -0.0500. The molecule has 0 saturated heterocycles. The number of rotatable bonds is 3. The zero-order valence-electron chi connectivity index (χ0n) is 11.0. The number of nitrogens with one attached hydrogen (secondary N) is 1. The molecule has 1 saturated carbocycles. The van der Waals surface area contributed by atoms with Crippen LogP contribution in [0.5, 0.6) is 0 Å². The molecule has 1 aliphatic rings. The molecule has 1 aromatic carbocycles. The van der Waals surface area contributed by atoms with Crippen LogP contribution in [0.4, 0.5) is 0 Å². The topological polar surface area (TPSA) is 12.0 Å². The van der Waals surface area contributed by atoms with Crippen LogP contribution < -0.4 is 5.32 Å². The predicted octanol–water partition coefficient (Wildman–Crippen LogP) is 4.67. The third kappa shape index (κ3) is 3.49. The number of halogens is 2. The van der Waals surface area contributed by atoms with Crippen LogP contribution in [-0.2, 0) is 6.42 Å². The van der Waals surface area contributed by atoms with Gasteiger partial charge in [-0.25, -0.2) is 0 Å². The summed E-state index contributed by atoms with van der Waals surface area (Å²) in [7, 11) is 2.08. The molecule has 1 aromatic rings. The maximum Gasteiger partial charge on any atom is 0.0449 e. The molecule has 0 amide bonds. The fraction of sp³-hybridized carbons (Fsp3) is 0.600. The molecule has 1 fully saturated rings. The van der Waals surface area contributed by atoms with Gasteiger partial charge in [0.1, 0.15) is 0 Å². The van der Waals surface area contributed by atoms with Gasteiger partial charge in [0, 0.05) is 15.5 Å². The van der Waals surface area contributed by atoms with Gasteiger partial charge in [0.25, 0.3) is 0 Å². The van der Waals surface area contributed by atoms with Crippen LogP contribution in [0.25, 0.3) is 0 Å². The van der Waals surface area contributed by atoms with Gasteiger partial charge in [-0.3, -0.25) is 0 Å². The highest BCUT2D eigenvalue weighted by Crippen LogP contribution is 2.33. The van der Waals surface area contributed by atoms with E-state index >= 15 is 0 Å². The van der Waals surface area contributed by atoms with E-state index in [1.54, 1.807) is 0 Å². The molecule has 0 radical (unpaired) electrons. The average molecular weight is 331 g/mol. The summed E-state index contributed by atoms with van der Waals surface area (Å²) in [6.45, 7) is 2.36. The Morgan fingerprint density at radius 1 is 1.39 bits per heavy atom. The van der Waals surface area contributed by atoms with Gasteiger partial charge in [0.05, 0.1) is 0 Å². The Labute approximate surface area is 123 Å². The minimum absolute atomic E-state index is 0.640. The molecular formula is C15H21BrClN. The molecule has 2 rings (SSSR count). The summed E-state index contributed by atoms with van der Waals surface area (Å²) in [5.74, 6) is 1.55. The van der Waals surface area contributed by atoms with Gasteiger partial charge in [-0.05, 0) is 62.3 Å². The Bertz CT molecular complexity index is 407. The van der Waals surface area contributed by atoms with Crippen LogP contribution >= 0.6 is 27.5 Å². The van der Waals surface area contributed by atoms with Crippen molar-refractivity contribution in [2.75, 3.05) is 7.05 Å². The Balaban J connectivity index is 2.10. The third-order valence-corrected chi connectivity index (χ3v) is 4.96. The Kier molecular flexibility index (Phi) is 5.11.